The average Bonchev–Trinajstić information content (AvgIpc) is 4.01. The Bertz CT molecular complexity index is 2910. The summed E-state index contributed by atoms with van der Waals surface area (Å²) in [5.74, 6) is 3.19. The molecule has 7 aromatic carbocycles. The molecular weight excluding hydrogens is 827 g/mol. The van der Waals surface area contributed by atoms with Gasteiger partial charge in [0.25, 0.3) is 0 Å². The number of hydrogen-bond donors (Lipinski definition) is 0. The van der Waals surface area contributed by atoms with Crippen molar-refractivity contribution >= 4 is 21.9 Å². The minimum Gasteiger partial charge on any atom is -0.464 e. The van der Waals surface area contributed by atoms with Gasteiger partial charge in [0, 0.05) is 34.3 Å². The second kappa shape index (κ2) is 25.1. The zero-order valence-corrected chi connectivity index (χ0v) is 39.8. The van der Waals surface area contributed by atoms with Gasteiger partial charge in [-0.2, -0.15) is 0 Å². The molecule has 0 amide bonds. The van der Waals surface area contributed by atoms with Crippen LogP contribution in [0.25, 0.3) is 66.6 Å². The third-order valence-corrected chi connectivity index (χ3v) is 11.8. The highest BCUT2D eigenvalue weighted by molar-refractivity contribution is 5.94. The van der Waals surface area contributed by atoms with Gasteiger partial charge >= 0.3 is 0 Å². The Morgan fingerprint density at radius 1 is 0.353 bits per heavy atom. The van der Waals surface area contributed by atoms with Gasteiger partial charge in [-0.15, -0.1) is 0 Å². The molecule has 0 bridgehead atoms. The van der Waals surface area contributed by atoms with E-state index in [-0.39, 0.29) is 14.9 Å². The predicted molar refractivity (Wildman–Crippen MR) is 295 cm³/mol. The van der Waals surface area contributed by atoms with Crippen LogP contribution in [0.1, 0.15) is 116 Å². The second-order valence-corrected chi connectivity index (χ2v) is 18.0. The van der Waals surface area contributed by atoms with Crippen LogP contribution in [0, 0.1) is 0 Å². The first-order chi connectivity index (χ1) is 32.0. The number of fused-ring (bicyclic) bond motifs is 2. The molecule has 0 fully saturated rings. The highest BCUT2D eigenvalue weighted by Crippen LogP contribution is 2.33. The molecule has 0 aliphatic rings. The van der Waals surface area contributed by atoms with Crippen LogP contribution in [0.4, 0.5) is 0 Å². The van der Waals surface area contributed by atoms with E-state index in [2.05, 4.69) is 206 Å². The van der Waals surface area contributed by atoms with Gasteiger partial charge < -0.3 is 8.83 Å². The van der Waals surface area contributed by atoms with Crippen molar-refractivity contribution in [3.05, 3.63) is 235 Å². The molecule has 68 heavy (non-hydrogen) atoms. The molecule has 10 rings (SSSR count). The summed E-state index contributed by atoms with van der Waals surface area (Å²) in [7, 11) is 0. The Hall–Kier alpha value is -7.23. The van der Waals surface area contributed by atoms with Crippen molar-refractivity contribution in [1.29, 1.82) is 0 Å². The Balaban J connectivity index is 0.000000168. The first-order valence-corrected chi connectivity index (χ1v) is 23.3. The third-order valence-electron chi connectivity index (χ3n) is 11.8. The van der Waals surface area contributed by atoms with E-state index < -0.39 is 0 Å². The Morgan fingerprint density at radius 2 is 0.765 bits per heavy atom. The van der Waals surface area contributed by atoms with Gasteiger partial charge in [0.05, 0.1) is 6.26 Å². The highest BCUT2D eigenvalue weighted by Gasteiger charge is 2.10. The van der Waals surface area contributed by atoms with Crippen molar-refractivity contribution in [2.75, 3.05) is 0 Å². The van der Waals surface area contributed by atoms with Crippen LogP contribution in [-0.2, 0) is 0 Å². The quantitative estimate of drug-likeness (QED) is 0.153. The van der Waals surface area contributed by atoms with Crippen LogP contribution in [0.15, 0.2) is 222 Å². The van der Waals surface area contributed by atoms with E-state index in [1.165, 1.54) is 61.0 Å². The van der Waals surface area contributed by atoms with Gasteiger partial charge in [-0.1, -0.05) is 228 Å². The standard InChI is InChI=1S/2C17H16O.C15H16.C14H15N.2CH4/c1-12(2)13-6-5-7-14(10-13)16-11-18-17-9-4-3-8-15(16)17;1-12(2)13-7-5-8-14(10-13)17-11-15-6-3-4-9-16(15)18-17;1-12(2)14-9-6-10-15(11-14)13-7-4-3-5-8-13;1-11(2)13-4-3-5-14(10-13)12-6-8-15-9-7-12;;/h2*3-12H,1-2H3;3-12H,1-2H3;3-11H,1-2H3;2*1H4. The number of pyridine rings is 1. The molecule has 0 spiro atoms. The van der Waals surface area contributed by atoms with Crippen molar-refractivity contribution in [3.63, 3.8) is 0 Å². The van der Waals surface area contributed by atoms with Gasteiger partial charge in [-0.3, -0.25) is 4.98 Å². The lowest BCUT2D eigenvalue weighted by molar-refractivity contribution is 0.617. The Morgan fingerprint density at radius 3 is 1.29 bits per heavy atom. The Kier molecular flexibility index (Phi) is 19.1. The SMILES string of the molecule is C.C.CC(C)c1cccc(-c2cc3ccccc3o2)c1.CC(C)c1cccc(-c2ccccc2)c1.CC(C)c1cccc(-c2ccncc2)c1.CC(C)c1cccc(-c2coc3ccccc23)c1. The lowest BCUT2D eigenvalue weighted by atomic mass is 9.97. The fraction of sp³-hybridized carbons (Fsp3) is 0.215. The molecule has 0 saturated heterocycles. The maximum Gasteiger partial charge on any atom is 0.135 e. The molecular formula is C65H71NO2. The summed E-state index contributed by atoms with van der Waals surface area (Å²) in [6, 6.07) is 67.7. The maximum atomic E-state index is 5.89. The zero-order chi connectivity index (χ0) is 46.4. The normalized spacial score (nSPS) is 10.6. The molecule has 0 unspecified atom stereocenters. The van der Waals surface area contributed by atoms with Gasteiger partial charge in [-0.25, -0.2) is 0 Å². The fourth-order valence-corrected chi connectivity index (χ4v) is 7.77. The van der Waals surface area contributed by atoms with Crippen molar-refractivity contribution in [2.24, 2.45) is 0 Å². The number of furan rings is 2. The highest BCUT2D eigenvalue weighted by atomic mass is 16.3. The maximum absolute atomic E-state index is 5.89. The number of aromatic nitrogens is 1. The summed E-state index contributed by atoms with van der Waals surface area (Å²) < 4.78 is 11.5. The molecule has 3 heteroatoms. The van der Waals surface area contributed by atoms with E-state index in [0.29, 0.717) is 23.7 Å². The number of rotatable bonds is 8. The van der Waals surface area contributed by atoms with Crippen molar-refractivity contribution in [1.82, 2.24) is 4.98 Å². The van der Waals surface area contributed by atoms with Crippen molar-refractivity contribution in [2.45, 2.75) is 93.9 Å². The summed E-state index contributed by atoms with van der Waals surface area (Å²) >= 11 is 0. The topological polar surface area (TPSA) is 39.2 Å². The molecule has 0 radical (unpaired) electrons. The van der Waals surface area contributed by atoms with Gasteiger partial charge in [-0.05, 0) is 110 Å². The smallest absolute Gasteiger partial charge is 0.135 e. The second-order valence-electron chi connectivity index (χ2n) is 18.0. The molecule has 0 saturated carbocycles. The summed E-state index contributed by atoms with van der Waals surface area (Å²) in [6.07, 6.45) is 5.51. The number of para-hydroxylation sites is 2. The van der Waals surface area contributed by atoms with E-state index in [4.69, 9.17) is 8.83 Å². The lowest BCUT2D eigenvalue weighted by Gasteiger charge is -2.08. The minimum atomic E-state index is 0. The molecule has 0 aliphatic carbocycles. The third kappa shape index (κ3) is 13.7. The van der Waals surface area contributed by atoms with Crippen LogP contribution in [0.2, 0.25) is 0 Å². The van der Waals surface area contributed by atoms with E-state index in [1.54, 1.807) is 0 Å². The molecule has 10 aromatic rings. The van der Waals surface area contributed by atoms with Crippen molar-refractivity contribution < 1.29 is 8.83 Å². The average molecular weight is 898 g/mol. The van der Waals surface area contributed by atoms with Crippen LogP contribution in [-0.4, -0.2) is 4.98 Å². The van der Waals surface area contributed by atoms with Gasteiger partial charge in [0.2, 0.25) is 0 Å². The van der Waals surface area contributed by atoms with E-state index in [1.807, 2.05) is 67.2 Å². The molecule has 3 heterocycles. The minimum absolute atomic E-state index is 0. The summed E-state index contributed by atoms with van der Waals surface area (Å²) in [5.41, 5.74) is 16.0. The van der Waals surface area contributed by atoms with E-state index in [9.17, 15) is 0 Å². The monoisotopic (exact) mass is 898 g/mol. The number of benzene rings is 7. The Labute approximate surface area is 407 Å². The summed E-state index contributed by atoms with van der Waals surface area (Å²) in [5, 5.41) is 2.33. The number of hydrogen-bond acceptors (Lipinski definition) is 3. The van der Waals surface area contributed by atoms with E-state index in [0.717, 1.165) is 27.9 Å². The predicted octanol–water partition coefficient (Wildman–Crippen LogP) is 20.1. The summed E-state index contributed by atoms with van der Waals surface area (Å²) in [4.78, 5) is 4.03. The van der Waals surface area contributed by atoms with Crippen LogP contribution in [0.3, 0.4) is 0 Å². The molecule has 0 atom stereocenters. The van der Waals surface area contributed by atoms with Gasteiger partial charge in [0.1, 0.15) is 16.9 Å². The van der Waals surface area contributed by atoms with Crippen LogP contribution in [0.5, 0.6) is 0 Å². The molecule has 3 nitrogen and oxygen atoms in total. The fourth-order valence-electron chi connectivity index (χ4n) is 7.77. The zero-order valence-electron chi connectivity index (χ0n) is 39.8. The first-order valence-electron chi connectivity index (χ1n) is 23.3. The first kappa shape index (κ1) is 51.7. The van der Waals surface area contributed by atoms with Crippen molar-refractivity contribution in [3.8, 4) is 44.7 Å². The molecule has 348 valence electrons. The largest absolute Gasteiger partial charge is 0.464 e. The summed E-state index contributed by atoms with van der Waals surface area (Å²) in [6.45, 7) is 17.7. The van der Waals surface area contributed by atoms with Gasteiger partial charge in [0.15, 0.2) is 0 Å². The lowest BCUT2D eigenvalue weighted by Crippen LogP contribution is -1.87. The molecule has 3 aromatic heterocycles. The van der Waals surface area contributed by atoms with E-state index >= 15 is 0 Å². The van der Waals surface area contributed by atoms with Crippen LogP contribution >= 0.6 is 0 Å². The molecule has 0 aliphatic heterocycles. The molecule has 0 N–H and O–H groups in total. The van der Waals surface area contributed by atoms with Crippen LogP contribution < -0.4 is 0 Å². The number of nitrogens with zero attached hydrogens (tertiary/aromatic N) is 1.